The highest BCUT2D eigenvalue weighted by Crippen LogP contribution is 2.34. The van der Waals surface area contributed by atoms with Gasteiger partial charge in [-0.2, -0.15) is 23.5 Å². The lowest BCUT2D eigenvalue weighted by Crippen LogP contribution is -2.30. The molecule has 0 saturated carbocycles. The molecule has 20 heteroatoms. The number of thioether (sulfide) groups is 4. The summed E-state index contributed by atoms with van der Waals surface area (Å²) in [6.07, 6.45) is -2.79. The SMILES string of the molecule is CN(SN(C)C(=O)Oc1ccc(C(C)(C)c2ccc(OC(=O)N(C)SN(C)C(=O)O/N=C3/CSCCS3)cc2)cc1)C(=O)O/N=C1/CSCCS1. The lowest BCUT2D eigenvalue weighted by Gasteiger charge is -2.26. The Balaban J connectivity index is 1.24. The van der Waals surface area contributed by atoms with Gasteiger partial charge < -0.3 is 9.47 Å². The molecule has 4 amide bonds. The standard InChI is InChI=1S/C31H38N6O8S6/c1-31(2,21-7-11-23(12-8-21)42-27(38)34(3)50-36(5)29(40)44-32-25-19-46-15-17-48-25)22-9-13-24(14-10-22)43-28(39)35(4)51-37(6)30(41)45-33-26-20-47-16-18-49-26/h7-14H,15-20H2,1-6H3/b32-25-,33-26-. The molecule has 2 aromatic carbocycles. The molecule has 4 rings (SSSR count). The highest BCUT2D eigenvalue weighted by molar-refractivity contribution is 8.18. The maximum absolute atomic E-state index is 12.7. The highest BCUT2D eigenvalue weighted by atomic mass is 32.2. The molecule has 0 atom stereocenters. The van der Waals surface area contributed by atoms with Crippen molar-refractivity contribution >= 4 is 106 Å². The number of oxime groups is 2. The first-order valence-corrected chi connectivity index (χ1v) is 21.0. The van der Waals surface area contributed by atoms with Gasteiger partial charge in [0.15, 0.2) is 0 Å². The Hall–Kier alpha value is -3.04. The number of carbonyl (C=O) groups excluding carboxylic acids is 4. The van der Waals surface area contributed by atoms with Crippen LogP contribution < -0.4 is 9.47 Å². The second kappa shape index (κ2) is 19.7. The molecule has 0 aromatic heterocycles. The maximum Gasteiger partial charge on any atom is 0.447 e. The van der Waals surface area contributed by atoms with Crippen molar-refractivity contribution in [2.24, 2.45) is 10.3 Å². The van der Waals surface area contributed by atoms with Crippen molar-refractivity contribution in [2.45, 2.75) is 19.3 Å². The summed E-state index contributed by atoms with van der Waals surface area (Å²) < 4.78 is 15.6. The van der Waals surface area contributed by atoms with Gasteiger partial charge in [0.25, 0.3) is 0 Å². The lowest BCUT2D eigenvalue weighted by atomic mass is 9.78. The zero-order chi connectivity index (χ0) is 37.0. The van der Waals surface area contributed by atoms with Crippen molar-refractivity contribution in [3.8, 4) is 11.5 Å². The third kappa shape index (κ3) is 12.6. The molecule has 2 aliphatic heterocycles. The van der Waals surface area contributed by atoms with Crippen molar-refractivity contribution in [3.63, 3.8) is 0 Å². The predicted molar refractivity (Wildman–Crippen MR) is 211 cm³/mol. The molecule has 51 heavy (non-hydrogen) atoms. The normalized spacial score (nSPS) is 16.2. The van der Waals surface area contributed by atoms with E-state index in [0.717, 1.165) is 77.1 Å². The summed E-state index contributed by atoms with van der Waals surface area (Å²) in [6.45, 7) is 4.09. The number of rotatable bonds is 10. The average Bonchev–Trinajstić information content (AvgIpc) is 3.13. The van der Waals surface area contributed by atoms with Crippen LogP contribution in [0.5, 0.6) is 11.5 Å². The zero-order valence-electron chi connectivity index (χ0n) is 28.8. The van der Waals surface area contributed by atoms with Gasteiger partial charge in [0, 0.05) is 68.1 Å². The van der Waals surface area contributed by atoms with Crippen LogP contribution in [0.2, 0.25) is 0 Å². The average molecular weight is 815 g/mol. The molecule has 0 spiro atoms. The zero-order valence-corrected chi connectivity index (χ0v) is 33.7. The van der Waals surface area contributed by atoms with E-state index in [0.29, 0.717) is 23.0 Å². The van der Waals surface area contributed by atoms with E-state index in [1.54, 1.807) is 71.3 Å². The minimum atomic E-state index is -0.714. The Morgan fingerprint density at radius 1 is 0.588 bits per heavy atom. The van der Waals surface area contributed by atoms with Gasteiger partial charge in [-0.25, -0.2) is 36.4 Å². The Labute approximate surface area is 323 Å². The van der Waals surface area contributed by atoms with Crippen LogP contribution in [0.25, 0.3) is 0 Å². The predicted octanol–water partition coefficient (Wildman–Crippen LogP) is 7.72. The summed E-state index contributed by atoms with van der Waals surface area (Å²) in [5, 5.41) is 9.31. The second-order valence-corrected chi connectivity index (χ2v) is 18.1. The molecular weight excluding hydrogens is 777 g/mol. The molecule has 0 bridgehead atoms. The molecular formula is C31H38N6O8S6. The minimum absolute atomic E-state index is 0.328. The number of hydrogen-bond donors (Lipinski definition) is 0. The van der Waals surface area contributed by atoms with Crippen LogP contribution in [0.4, 0.5) is 19.2 Å². The Kier molecular flexibility index (Phi) is 15.7. The van der Waals surface area contributed by atoms with Crippen LogP contribution in [0.1, 0.15) is 25.0 Å². The van der Waals surface area contributed by atoms with Crippen LogP contribution in [0.3, 0.4) is 0 Å². The summed E-state index contributed by atoms with van der Waals surface area (Å²) >= 11 is 8.20. The summed E-state index contributed by atoms with van der Waals surface area (Å²) in [6, 6.07) is 14.2. The van der Waals surface area contributed by atoms with Crippen LogP contribution in [-0.2, 0) is 15.1 Å². The van der Waals surface area contributed by atoms with Crippen LogP contribution in [0.15, 0.2) is 58.8 Å². The van der Waals surface area contributed by atoms with Gasteiger partial charge >= 0.3 is 24.4 Å². The second-order valence-electron chi connectivity index (χ2n) is 11.0. The van der Waals surface area contributed by atoms with Crippen LogP contribution >= 0.6 is 71.3 Å². The molecule has 2 aromatic rings. The smallest absolute Gasteiger partial charge is 0.410 e. The number of amides is 4. The van der Waals surface area contributed by atoms with Crippen LogP contribution in [0, 0.1) is 0 Å². The van der Waals surface area contributed by atoms with Gasteiger partial charge in [0.05, 0.1) is 24.3 Å². The third-order valence-electron chi connectivity index (χ3n) is 6.98. The van der Waals surface area contributed by atoms with E-state index < -0.39 is 29.8 Å². The quantitative estimate of drug-likeness (QED) is 0.131. The molecule has 2 fully saturated rings. The summed E-state index contributed by atoms with van der Waals surface area (Å²) in [4.78, 5) is 60.0. The van der Waals surface area contributed by atoms with Gasteiger partial charge in [-0.3, -0.25) is 9.68 Å². The molecule has 2 saturated heterocycles. The van der Waals surface area contributed by atoms with Gasteiger partial charge in [-0.1, -0.05) is 48.4 Å². The molecule has 14 nitrogen and oxygen atoms in total. The first-order valence-electron chi connectivity index (χ1n) is 15.3. The van der Waals surface area contributed by atoms with E-state index >= 15 is 0 Å². The topological polar surface area (TPSA) is 143 Å². The van der Waals surface area contributed by atoms with Gasteiger partial charge in [0.1, 0.15) is 21.6 Å². The summed E-state index contributed by atoms with van der Waals surface area (Å²) in [5.41, 5.74) is 1.45. The molecule has 2 aliphatic rings. The summed E-state index contributed by atoms with van der Waals surface area (Å²) in [5.74, 6) is 5.97. The molecule has 2 heterocycles. The van der Waals surface area contributed by atoms with E-state index in [2.05, 4.69) is 10.3 Å². The summed E-state index contributed by atoms with van der Waals surface area (Å²) in [7, 11) is 5.90. The lowest BCUT2D eigenvalue weighted by molar-refractivity contribution is 0.135. The largest absolute Gasteiger partial charge is 0.447 e. The molecule has 0 unspecified atom stereocenters. The first-order chi connectivity index (χ1) is 24.3. The minimum Gasteiger partial charge on any atom is -0.410 e. The van der Waals surface area contributed by atoms with E-state index in [-0.39, 0.29) is 0 Å². The number of benzene rings is 2. The van der Waals surface area contributed by atoms with E-state index in [9.17, 15) is 19.2 Å². The Morgan fingerprint density at radius 3 is 1.27 bits per heavy atom. The van der Waals surface area contributed by atoms with Gasteiger partial charge in [0.2, 0.25) is 0 Å². The molecule has 0 N–H and O–H groups in total. The van der Waals surface area contributed by atoms with Crippen molar-refractivity contribution in [1.82, 2.24) is 17.2 Å². The van der Waals surface area contributed by atoms with Crippen molar-refractivity contribution in [3.05, 3.63) is 59.7 Å². The van der Waals surface area contributed by atoms with E-state index in [4.69, 9.17) is 19.1 Å². The third-order valence-corrected chi connectivity index (χ3v) is 13.3. The molecule has 0 radical (unpaired) electrons. The molecule has 276 valence electrons. The number of ether oxygens (including phenoxy) is 2. The van der Waals surface area contributed by atoms with Crippen molar-refractivity contribution in [1.29, 1.82) is 0 Å². The van der Waals surface area contributed by atoms with Crippen LogP contribution in [-0.4, -0.2) is 114 Å². The van der Waals surface area contributed by atoms with Gasteiger partial charge in [-0.05, 0) is 35.4 Å². The Morgan fingerprint density at radius 2 is 0.941 bits per heavy atom. The maximum atomic E-state index is 12.7. The van der Waals surface area contributed by atoms with E-state index in [1.165, 1.54) is 36.8 Å². The first kappa shape index (κ1) is 40.7. The van der Waals surface area contributed by atoms with Gasteiger partial charge in [-0.15, -0.1) is 23.5 Å². The molecule has 0 aliphatic carbocycles. The fourth-order valence-corrected chi connectivity index (χ4v) is 9.43. The highest BCUT2D eigenvalue weighted by Gasteiger charge is 2.25. The fourth-order valence-electron chi connectivity index (χ4n) is 4.12. The number of carbonyl (C=O) groups is 4. The number of hydrogen-bond acceptors (Lipinski definition) is 16. The number of nitrogens with zero attached hydrogens (tertiary/aromatic N) is 6. The van der Waals surface area contributed by atoms with Crippen molar-refractivity contribution in [2.75, 3.05) is 62.7 Å². The van der Waals surface area contributed by atoms with E-state index in [1.807, 2.05) is 38.1 Å². The monoisotopic (exact) mass is 814 g/mol. The van der Waals surface area contributed by atoms with Crippen molar-refractivity contribution < 1.29 is 38.3 Å². The fraction of sp³-hybridized carbons (Fsp3) is 0.419. The Bertz CT molecular complexity index is 1470.